The Morgan fingerprint density at radius 3 is 2.77 bits per heavy atom. The lowest BCUT2D eigenvalue weighted by atomic mass is 10.1. The van der Waals surface area contributed by atoms with Gasteiger partial charge in [0.1, 0.15) is 11.9 Å². The van der Waals surface area contributed by atoms with Gasteiger partial charge in [-0.05, 0) is 19.9 Å². The molecule has 0 aliphatic carbocycles. The molecule has 15 heteroatoms. The molecule has 1 fully saturated rings. The van der Waals surface area contributed by atoms with Crippen LogP contribution in [0.4, 0.5) is 14.6 Å². The fourth-order valence-corrected chi connectivity index (χ4v) is 3.40. The predicted octanol–water partition coefficient (Wildman–Crippen LogP) is -0.624. The SMILES string of the molecule is CNC(=O)CNP(N)(=O)OCC1OC(n2ccc(NC(C)C)nc2=O)C(F)(F)[C@@H]1O. The Morgan fingerprint density at radius 1 is 1.53 bits per heavy atom. The zero-order valence-corrected chi connectivity index (χ0v) is 17.4. The number of aliphatic hydroxyl groups is 1. The number of carbonyl (C=O) groups excluding carboxylic acids is 1. The van der Waals surface area contributed by atoms with E-state index in [9.17, 15) is 28.0 Å². The maximum Gasteiger partial charge on any atom is 0.351 e. The molecule has 2 heterocycles. The van der Waals surface area contributed by atoms with Crippen molar-refractivity contribution in [3.8, 4) is 0 Å². The van der Waals surface area contributed by atoms with E-state index in [1.807, 2.05) is 13.8 Å². The standard InChI is InChI=1S/C15H25F2N6O6P/c1-8(2)21-10-4-5-23(14(26)22-10)13-15(16,17)12(25)9(29-13)7-28-30(18,27)20-6-11(24)19-3/h4-5,8-9,12-13,25H,6-7H2,1-3H3,(H,19,24)(H3,18,20,27)(H,21,22,26)/t9?,12-,13?,30?/m1/s1. The second kappa shape index (κ2) is 9.45. The Labute approximate surface area is 170 Å². The first-order valence-corrected chi connectivity index (χ1v) is 10.6. The van der Waals surface area contributed by atoms with Crippen molar-refractivity contribution in [3.63, 3.8) is 0 Å². The maximum absolute atomic E-state index is 14.5. The van der Waals surface area contributed by atoms with Gasteiger partial charge in [0, 0.05) is 19.3 Å². The minimum absolute atomic E-state index is 0.0377. The number of ether oxygens (including phenoxy) is 1. The van der Waals surface area contributed by atoms with Crippen LogP contribution in [-0.2, 0) is 18.6 Å². The van der Waals surface area contributed by atoms with Crippen LogP contribution in [-0.4, -0.2) is 64.9 Å². The van der Waals surface area contributed by atoms with Crippen LogP contribution in [0.5, 0.6) is 0 Å². The molecule has 0 saturated carbocycles. The fraction of sp³-hybridized carbons (Fsp3) is 0.667. The van der Waals surface area contributed by atoms with Gasteiger partial charge in [0.05, 0.1) is 13.2 Å². The number of nitrogens with zero attached hydrogens (tertiary/aromatic N) is 2. The van der Waals surface area contributed by atoms with E-state index in [1.54, 1.807) is 0 Å². The van der Waals surface area contributed by atoms with E-state index in [2.05, 4.69) is 20.7 Å². The molecule has 1 amide bonds. The van der Waals surface area contributed by atoms with Gasteiger partial charge in [0.15, 0.2) is 6.10 Å². The number of hydrogen-bond donors (Lipinski definition) is 5. The average molecular weight is 454 g/mol. The number of aromatic nitrogens is 2. The Balaban J connectivity index is 2.10. The third kappa shape index (κ3) is 5.80. The third-order valence-corrected chi connectivity index (χ3v) is 5.20. The molecule has 6 N–H and O–H groups in total. The second-order valence-electron chi connectivity index (χ2n) is 6.85. The number of nitrogens with two attached hydrogens (primary N) is 1. The van der Waals surface area contributed by atoms with E-state index in [4.69, 9.17) is 14.8 Å². The number of amides is 1. The van der Waals surface area contributed by atoms with E-state index in [0.29, 0.717) is 4.57 Å². The van der Waals surface area contributed by atoms with E-state index in [0.717, 1.165) is 6.20 Å². The van der Waals surface area contributed by atoms with Gasteiger partial charge in [0.2, 0.25) is 12.1 Å². The summed E-state index contributed by atoms with van der Waals surface area (Å²) in [7, 11) is -2.69. The monoisotopic (exact) mass is 454 g/mol. The number of carbonyl (C=O) groups is 1. The molecule has 1 aliphatic rings. The topological polar surface area (TPSA) is 170 Å². The van der Waals surface area contributed by atoms with Crippen molar-refractivity contribution in [2.24, 2.45) is 5.50 Å². The summed E-state index contributed by atoms with van der Waals surface area (Å²) in [6.45, 7) is 2.40. The molecule has 3 unspecified atom stereocenters. The first kappa shape index (κ1) is 24.3. The van der Waals surface area contributed by atoms with Crippen LogP contribution in [0.1, 0.15) is 20.1 Å². The first-order valence-electron chi connectivity index (χ1n) is 8.93. The van der Waals surface area contributed by atoms with Crippen LogP contribution in [0.25, 0.3) is 0 Å². The highest BCUT2D eigenvalue weighted by Crippen LogP contribution is 2.43. The Kier molecular flexibility index (Phi) is 7.66. The van der Waals surface area contributed by atoms with Crippen molar-refractivity contribution >= 4 is 19.4 Å². The average Bonchev–Trinajstić information content (AvgIpc) is 2.87. The number of alkyl halides is 2. The zero-order valence-electron chi connectivity index (χ0n) is 16.5. The Bertz CT molecular complexity index is 868. The summed E-state index contributed by atoms with van der Waals surface area (Å²) < 4.78 is 51.7. The Hall–Kier alpha value is -1.96. The summed E-state index contributed by atoms with van der Waals surface area (Å²) in [5.74, 6) is -4.21. The molecule has 0 spiro atoms. The third-order valence-electron chi connectivity index (χ3n) is 4.07. The number of nitrogens with one attached hydrogen (secondary N) is 3. The summed E-state index contributed by atoms with van der Waals surface area (Å²) in [5, 5.41) is 17.2. The number of anilines is 1. The minimum Gasteiger partial charge on any atom is -0.384 e. The van der Waals surface area contributed by atoms with Crippen LogP contribution in [0.3, 0.4) is 0 Å². The summed E-state index contributed by atoms with van der Waals surface area (Å²) >= 11 is 0. The van der Waals surface area contributed by atoms with E-state index < -0.39 is 56.8 Å². The van der Waals surface area contributed by atoms with Crippen molar-refractivity contribution in [2.75, 3.05) is 25.5 Å². The van der Waals surface area contributed by atoms with Crippen LogP contribution in [0, 0.1) is 0 Å². The maximum atomic E-state index is 14.5. The zero-order chi connectivity index (χ0) is 22.7. The molecule has 0 aromatic carbocycles. The smallest absolute Gasteiger partial charge is 0.351 e. The highest BCUT2D eigenvalue weighted by Gasteiger charge is 2.60. The number of halogens is 2. The molecule has 4 atom stereocenters. The molecule has 170 valence electrons. The molecular formula is C15H25F2N6O6P. The Morgan fingerprint density at radius 2 is 2.20 bits per heavy atom. The number of rotatable bonds is 9. The van der Waals surface area contributed by atoms with Gasteiger partial charge >= 0.3 is 19.3 Å². The van der Waals surface area contributed by atoms with E-state index in [1.165, 1.54) is 13.1 Å². The normalized spacial score (nSPS) is 25.1. The van der Waals surface area contributed by atoms with Gasteiger partial charge in [-0.3, -0.25) is 13.9 Å². The molecule has 1 aromatic rings. The molecule has 1 aliphatic heterocycles. The lowest BCUT2D eigenvalue weighted by Gasteiger charge is -2.21. The van der Waals surface area contributed by atoms with Gasteiger partial charge in [-0.2, -0.15) is 13.8 Å². The second-order valence-corrected chi connectivity index (χ2v) is 8.62. The lowest BCUT2D eigenvalue weighted by molar-refractivity contribution is -0.140. The van der Waals surface area contributed by atoms with Crippen molar-refractivity contribution in [1.82, 2.24) is 20.0 Å². The van der Waals surface area contributed by atoms with Crippen LogP contribution < -0.4 is 26.9 Å². The number of likely N-dealkylation sites (N-methyl/N-ethyl adjacent to an activating group) is 1. The van der Waals surface area contributed by atoms with Gasteiger partial charge in [-0.1, -0.05) is 0 Å². The summed E-state index contributed by atoms with van der Waals surface area (Å²) in [4.78, 5) is 27.0. The highest BCUT2D eigenvalue weighted by atomic mass is 31.2. The minimum atomic E-state index is -4.04. The van der Waals surface area contributed by atoms with Crippen LogP contribution >= 0.6 is 7.67 Å². The summed E-state index contributed by atoms with van der Waals surface area (Å²) in [6.07, 6.45) is -5.12. The van der Waals surface area contributed by atoms with Crippen molar-refractivity contribution in [3.05, 3.63) is 22.7 Å². The highest BCUT2D eigenvalue weighted by molar-refractivity contribution is 7.54. The molecule has 0 bridgehead atoms. The molecule has 0 radical (unpaired) electrons. The lowest BCUT2D eigenvalue weighted by Crippen LogP contribution is -2.42. The van der Waals surface area contributed by atoms with Crippen molar-refractivity contribution in [2.45, 2.75) is 44.2 Å². The predicted molar refractivity (Wildman–Crippen MR) is 102 cm³/mol. The quantitative estimate of drug-likeness (QED) is 0.303. The molecule has 12 nitrogen and oxygen atoms in total. The first-order chi connectivity index (χ1) is 13.9. The number of hydrogen-bond acceptors (Lipinski definition) is 8. The molecule has 2 rings (SSSR count). The number of aliphatic hydroxyl groups excluding tert-OH is 1. The van der Waals surface area contributed by atoms with Gasteiger partial charge in [-0.15, -0.1) is 0 Å². The van der Waals surface area contributed by atoms with Gasteiger partial charge < -0.3 is 25.0 Å². The summed E-state index contributed by atoms with van der Waals surface area (Å²) in [5.41, 5.74) is 4.36. The van der Waals surface area contributed by atoms with Crippen molar-refractivity contribution < 1.29 is 32.5 Å². The molecular weight excluding hydrogens is 429 g/mol. The van der Waals surface area contributed by atoms with Crippen molar-refractivity contribution in [1.29, 1.82) is 0 Å². The molecule has 1 aromatic heterocycles. The van der Waals surface area contributed by atoms with Crippen LogP contribution in [0.15, 0.2) is 17.1 Å². The van der Waals surface area contributed by atoms with Crippen LogP contribution in [0.2, 0.25) is 0 Å². The van der Waals surface area contributed by atoms with Gasteiger partial charge in [0.25, 0.3) is 0 Å². The van der Waals surface area contributed by atoms with Gasteiger partial charge in [-0.25, -0.2) is 15.4 Å². The molecule has 30 heavy (non-hydrogen) atoms. The van der Waals surface area contributed by atoms with E-state index >= 15 is 0 Å². The summed E-state index contributed by atoms with van der Waals surface area (Å²) in [6, 6.07) is 1.28. The molecule has 1 saturated heterocycles. The fourth-order valence-electron chi connectivity index (χ4n) is 2.57. The largest absolute Gasteiger partial charge is 0.384 e. The van der Waals surface area contributed by atoms with E-state index in [-0.39, 0.29) is 11.9 Å².